The summed E-state index contributed by atoms with van der Waals surface area (Å²) in [5.41, 5.74) is 15.3. The summed E-state index contributed by atoms with van der Waals surface area (Å²) < 4.78 is 1.89. The van der Waals surface area contributed by atoms with Crippen molar-refractivity contribution < 1.29 is 9.90 Å². The van der Waals surface area contributed by atoms with Crippen molar-refractivity contribution in [2.75, 3.05) is 11.5 Å². The summed E-state index contributed by atoms with van der Waals surface area (Å²) in [6.07, 6.45) is 1.86. The molecule has 9 nitrogen and oxygen atoms in total. The van der Waals surface area contributed by atoms with Crippen molar-refractivity contribution >= 4 is 28.9 Å². The molecule has 0 aliphatic rings. The largest absolute Gasteiger partial charge is 0.478 e. The molecule has 0 aliphatic carbocycles. The molecule has 0 saturated carbocycles. The SMILES string of the molecule is Cc1nc2c(N)nc(N)nc2nc1-c1cccn1-c1ccc(C(=O)O)cc1. The Bertz CT molecular complexity index is 1180. The van der Waals surface area contributed by atoms with Gasteiger partial charge in [0, 0.05) is 11.9 Å². The highest BCUT2D eigenvalue weighted by Gasteiger charge is 2.15. The third-order valence-electron chi connectivity index (χ3n) is 4.13. The van der Waals surface area contributed by atoms with Crippen LogP contribution in [0.4, 0.5) is 11.8 Å². The zero-order valence-electron chi connectivity index (χ0n) is 14.3. The highest BCUT2D eigenvalue weighted by atomic mass is 16.4. The van der Waals surface area contributed by atoms with Crippen LogP contribution in [0, 0.1) is 6.92 Å². The molecule has 0 saturated heterocycles. The Labute approximate surface area is 153 Å². The molecule has 3 heterocycles. The molecule has 4 aromatic rings. The fraction of sp³-hybridized carbons (Fsp3) is 0.0556. The van der Waals surface area contributed by atoms with Gasteiger partial charge in [-0.15, -0.1) is 0 Å². The number of aryl methyl sites for hydroxylation is 1. The van der Waals surface area contributed by atoms with Gasteiger partial charge < -0.3 is 21.1 Å². The van der Waals surface area contributed by atoms with E-state index in [1.807, 2.05) is 29.8 Å². The van der Waals surface area contributed by atoms with Gasteiger partial charge in [0.15, 0.2) is 17.0 Å². The molecule has 3 aromatic heterocycles. The van der Waals surface area contributed by atoms with Crippen LogP contribution in [0.25, 0.3) is 28.2 Å². The lowest BCUT2D eigenvalue weighted by Gasteiger charge is -2.12. The lowest BCUT2D eigenvalue weighted by Crippen LogP contribution is -2.06. The van der Waals surface area contributed by atoms with Gasteiger partial charge in [-0.3, -0.25) is 0 Å². The third kappa shape index (κ3) is 2.80. The standard InChI is InChI=1S/C18H15N7O2/c1-9-13(22-16-14(21-9)15(19)23-18(20)24-16)12-3-2-8-25(12)11-6-4-10(5-7-11)17(26)27/h2-8H,1H3,(H,26,27)(H4,19,20,22,23,24). The van der Waals surface area contributed by atoms with Crippen molar-refractivity contribution in [3.8, 4) is 17.1 Å². The van der Waals surface area contributed by atoms with Gasteiger partial charge in [0.05, 0.1) is 17.0 Å². The molecule has 27 heavy (non-hydrogen) atoms. The van der Waals surface area contributed by atoms with E-state index in [1.165, 1.54) is 0 Å². The number of rotatable bonds is 3. The first kappa shape index (κ1) is 16.5. The molecule has 134 valence electrons. The first-order valence-electron chi connectivity index (χ1n) is 8.03. The number of aromatic nitrogens is 5. The van der Waals surface area contributed by atoms with Crippen LogP contribution in [0.15, 0.2) is 42.6 Å². The van der Waals surface area contributed by atoms with Crippen LogP contribution in [0.5, 0.6) is 0 Å². The highest BCUT2D eigenvalue weighted by molar-refractivity contribution is 5.88. The number of hydrogen-bond donors (Lipinski definition) is 3. The summed E-state index contributed by atoms with van der Waals surface area (Å²) in [5.74, 6) is -0.761. The number of carboxylic acid groups (broad SMARTS) is 1. The maximum Gasteiger partial charge on any atom is 0.335 e. The molecule has 0 radical (unpaired) electrons. The Hall–Kier alpha value is -4.01. The number of aromatic carboxylic acids is 1. The highest BCUT2D eigenvalue weighted by Crippen LogP contribution is 2.27. The molecule has 0 atom stereocenters. The summed E-state index contributed by atoms with van der Waals surface area (Å²) in [6, 6.07) is 10.3. The average molecular weight is 361 g/mol. The Morgan fingerprint density at radius 2 is 1.78 bits per heavy atom. The number of anilines is 2. The van der Waals surface area contributed by atoms with Gasteiger partial charge in [0.2, 0.25) is 5.95 Å². The van der Waals surface area contributed by atoms with E-state index in [0.29, 0.717) is 22.6 Å². The molecule has 4 rings (SSSR count). The molecular weight excluding hydrogens is 346 g/mol. The number of nitrogens with two attached hydrogens (primary N) is 2. The van der Waals surface area contributed by atoms with Crippen molar-refractivity contribution in [2.45, 2.75) is 6.92 Å². The third-order valence-corrected chi connectivity index (χ3v) is 4.13. The number of carboxylic acids is 1. The minimum Gasteiger partial charge on any atom is -0.478 e. The fourth-order valence-electron chi connectivity index (χ4n) is 2.88. The Kier molecular flexibility index (Phi) is 3.69. The number of fused-ring (bicyclic) bond motifs is 1. The zero-order chi connectivity index (χ0) is 19.1. The molecule has 9 heteroatoms. The molecule has 0 bridgehead atoms. The van der Waals surface area contributed by atoms with Crippen molar-refractivity contribution in [2.24, 2.45) is 0 Å². The van der Waals surface area contributed by atoms with Crippen molar-refractivity contribution in [3.63, 3.8) is 0 Å². The van der Waals surface area contributed by atoms with Crippen LogP contribution < -0.4 is 11.5 Å². The molecule has 0 spiro atoms. The minimum atomic E-state index is -0.972. The van der Waals surface area contributed by atoms with Crippen LogP contribution in [-0.4, -0.2) is 35.6 Å². The van der Waals surface area contributed by atoms with E-state index < -0.39 is 5.97 Å². The first-order chi connectivity index (χ1) is 12.9. The molecular formula is C18H15N7O2. The summed E-state index contributed by atoms with van der Waals surface area (Å²) in [6.45, 7) is 1.82. The zero-order valence-corrected chi connectivity index (χ0v) is 14.3. The topological polar surface area (TPSA) is 146 Å². The second kappa shape index (κ2) is 6.06. The second-order valence-electron chi connectivity index (χ2n) is 5.91. The van der Waals surface area contributed by atoms with Crippen LogP contribution in [-0.2, 0) is 0 Å². The smallest absolute Gasteiger partial charge is 0.335 e. The van der Waals surface area contributed by atoms with E-state index in [2.05, 4.69) is 19.9 Å². The first-order valence-corrected chi connectivity index (χ1v) is 8.03. The fourth-order valence-corrected chi connectivity index (χ4v) is 2.88. The number of carbonyl (C=O) groups is 1. The Balaban J connectivity index is 1.87. The van der Waals surface area contributed by atoms with E-state index in [4.69, 9.17) is 16.6 Å². The van der Waals surface area contributed by atoms with E-state index in [9.17, 15) is 4.79 Å². The van der Waals surface area contributed by atoms with Gasteiger partial charge in [-0.2, -0.15) is 9.97 Å². The van der Waals surface area contributed by atoms with Crippen LogP contribution in [0.2, 0.25) is 0 Å². The second-order valence-corrected chi connectivity index (χ2v) is 5.91. The maximum atomic E-state index is 11.1. The van der Waals surface area contributed by atoms with Crippen molar-refractivity contribution in [3.05, 3.63) is 53.9 Å². The summed E-state index contributed by atoms with van der Waals surface area (Å²) in [7, 11) is 0. The lowest BCUT2D eigenvalue weighted by atomic mass is 10.2. The van der Waals surface area contributed by atoms with Gasteiger partial charge in [0.1, 0.15) is 5.69 Å². The predicted molar refractivity (Wildman–Crippen MR) is 100 cm³/mol. The van der Waals surface area contributed by atoms with Crippen LogP contribution in [0.1, 0.15) is 16.1 Å². The molecule has 0 aliphatic heterocycles. The monoisotopic (exact) mass is 361 g/mol. The lowest BCUT2D eigenvalue weighted by molar-refractivity contribution is 0.0697. The molecule has 0 fully saturated rings. The van der Waals surface area contributed by atoms with Crippen LogP contribution in [0.3, 0.4) is 0 Å². The number of nitrogen functional groups attached to an aromatic ring is 2. The average Bonchev–Trinajstić information content (AvgIpc) is 3.11. The molecule has 0 amide bonds. The van der Waals surface area contributed by atoms with E-state index in [-0.39, 0.29) is 17.3 Å². The van der Waals surface area contributed by atoms with Gasteiger partial charge >= 0.3 is 5.97 Å². The number of nitrogens with zero attached hydrogens (tertiary/aromatic N) is 5. The summed E-state index contributed by atoms with van der Waals surface area (Å²) in [5, 5.41) is 9.06. The minimum absolute atomic E-state index is 0.0312. The Morgan fingerprint density at radius 1 is 1.04 bits per heavy atom. The van der Waals surface area contributed by atoms with E-state index >= 15 is 0 Å². The Morgan fingerprint density at radius 3 is 2.48 bits per heavy atom. The van der Waals surface area contributed by atoms with Gasteiger partial charge in [-0.25, -0.2) is 14.8 Å². The quantitative estimate of drug-likeness (QED) is 0.502. The van der Waals surface area contributed by atoms with E-state index in [0.717, 1.165) is 11.4 Å². The normalized spacial score (nSPS) is 11.0. The molecule has 1 aromatic carbocycles. The van der Waals surface area contributed by atoms with Gasteiger partial charge in [-0.05, 0) is 43.3 Å². The van der Waals surface area contributed by atoms with Gasteiger partial charge in [-0.1, -0.05) is 0 Å². The molecule has 5 N–H and O–H groups in total. The number of benzene rings is 1. The van der Waals surface area contributed by atoms with E-state index in [1.54, 1.807) is 24.3 Å². The summed E-state index contributed by atoms with van der Waals surface area (Å²) >= 11 is 0. The van der Waals surface area contributed by atoms with Crippen molar-refractivity contribution in [1.82, 2.24) is 24.5 Å². The predicted octanol–water partition coefficient (Wildman–Crippen LogP) is 2.05. The van der Waals surface area contributed by atoms with Crippen molar-refractivity contribution in [1.29, 1.82) is 0 Å². The summed E-state index contributed by atoms with van der Waals surface area (Å²) in [4.78, 5) is 28.2. The molecule has 0 unspecified atom stereocenters. The number of hydrogen-bond acceptors (Lipinski definition) is 7. The maximum absolute atomic E-state index is 11.1. The van der Waals surface area contributed by atoms with Crippen LogP contribution >= 0.6 is 0 Å². The van der Waals surface area contributed by atoms with Gasteiger partial charge in [0.25, 0.3) is 0 Å².